The van der Waals surface area contributed by atoms with Gasteiger partial charge in [-0.05, 0) is 25.2 Å². The highest BCUT2D eigenvalue weighted by Gasteiger charge is 2.50. The molecule has 21 heavy (non-hydrogen) atoms. The minimum atomic E-state index is -0.759. The van der Waals surface area contributed by atoms with Crippen molar-refractivity contribution >= 4 is 11.8 Å². The van der Waals surface area contributed by atoms with E-state index in [1.807, 2.05) is 4.90 Å². The van der Waals surface area contributed by atoms with Crippen LogP contribution in [0.2, 0.25) is 0 Å². The first kappa shape index (κ1) is 14.1. The summed E-state index contributed by atoms with van der Waals surface area (Å²) in [5.74, 6) is -0.330. The molecule has 1 aromatic heterocycles. The number of nitrogens with zero attached hydrogens (tertiary/aromatic N) is 3. The number of aromatic nitrogens is 2. The maximum atomic E-state index is 12.6. The summed E-state index contributed by atoms with van der Waals surface area (Å²) in [4.78, 5) is 30.2. The molecular formula is C15H21N3O3. The van der Waals surface area contributed by atoms with Gasteiger partial charge < -0.3 is 14.6 Å². The number of carbonyl (C=O) groups is 1. The van der Waals surface area contributed by atoms with E-state index in [1.165, 1.54) is 0 Å². The van der Waals surface area contributed by atoms with Gasteiger partial charge in [0.1, 0.15) is 0 Å². The van der Waals surface area contributed by atoms with Crippen LogP contribution in [0.5, 0.6) is 0 Å². The number of carboxylic acids is 1. The van der Waals surface area contributed by atoms with E-state index in [4.69, 9.17) is 0 Å². The second-order valence-corrected chi connectivity index (χ2v) is 6.49. The van der Waals surface area contributed by atoms with Crippen molar-refractivity contribution in [1.29, 1.82) is 0 Å². The zero-order valence-electron chi connectivity index (χ0n) is 12.4. The Labute approximate surface area is 123 Å². The Morgan fingerprint density at radius 2 is 2.24 bits per heavy atom. The summed E-state index contributed by atoms with van der Waals surface area (Å²) >= 11 is 0. The number of fused-ring (bicyclic) bond motifs is 2. The van der Waals surface area contributed by atoms with Gasteiger partial charge in [0.2, 0.25) is 0 Å². The van der Waals surface area contributed by atoms with Gasteiger partial charge >= 0.3 is 5.97 Å². The topological polar surface area (TPSA) is 75.4 Å². The van der Waals surface area contributed by atoms with Gasteiger partial charge in [-0.1, -0.05) is 13.8 Å². The molecule has 2 aliphatic heterocycles. The van der Waals surface area contributed by atoms with Gasteiger partial charge in [-0.3, -0.25) is 9.59 Å². The van der Waals surface area contributed by atoms with E-state index in [1.54, 1.807) is 17.0 Å². The summed E-state index contributed by atoms with van der Waals surface area (Å²) in [5.41, 5.74) is -0.103. The third-order valence-corrected chi connectivity index (χ3v) is 4.56. The number of hydrogen-bond acceptors (Lipinski definition) is 4. The Morgan fingerprint density at radius 1 is 1.48 bits per heavy atom. The van der Waals surface area contributed by atoms with Crippen LogP contribution < -0.4 is 10.5 Å². The molecule has 0 amide bonds. The van der Waals surface area contributed by atoms with Crippen molar-refractivity contribution in [3.05, 3.63) is 22.7 Å². The van der Waals surface area contributed by atoms with Gasteiger partial charge in [-0.2, -0.15) is 0 Å². The number of anilines is 1. The second kappa shape index (κ2) is 5.16. The van der Waals surface area contributed by atoms with E-state index in [9.17, 15) is 14.7 Å². The van der Waals surface area contributed by atoms with Crippen molar-refractivity contribution in [3.8, 4) is 0 Å². The van der Waals surface area contributed by atoms with Crippen molar-refractivity contribution in [3.63, 3.8) is 0 Å². The molecular weight excluding hydrogens is 270 g/mol. The molecule has 0 spiro atoms. The highest BCUT2D eigenvalue weighted by Crippen LogP contribution is 2.43. The van der Waals surface area contributed by atoms with Gasteiger partial charge in [0, 0.05) is 31.0 Å². The molecule has 3 heterocycles. The van der Waals surface area contributed by atoms with E-state index < -0.39 is 5.97 Å². The van der Waals surface area contributed by atoms with Crippen LogP contribution in [0.25, 0.3) is 0 Å². The van der Waals surface area contributed by atoms with Crippen LogP contribution in [0.15, 0.2) is 17.2 Å². The number of rotatable bonds is 4. The third-order valence-electron chi connectivity index (χ3n) is 4.56. The van der Waals surface area contributed by atoms with E-state index in [2.05, 4.69) is 18.8 Å². The lowest BCUT2D eigenvalue weighted by atomic mass is 9.89. The zero-order valence-corrected chi connectivity index (χ0v) is 12.4. The fourth-order valence-electron chi connectivity index (χ4n) is 3.73. The fraction of sp³-hybridized carbons (Fsp3) is 0.667. The molecule has 0 aromatic carbocycles. The molecule has 6 nitrogen and oxygen atoms in total. The lowest BCUT2D eigenvalue weighted by Crippen LogP contribution is -2.39. The van der Waals surface area contributed by atoms with Crippen molar-refractivity contribution in [2.75, 3.05) is 4.90 Å². The average molecular weight is 291 g/mol. The van der Waals surface area contributed by atoms with E-state index in [-0.39, 0.29) is 23.6 Å². The molecule has 1 N–H and O–H groups in total. The normalized spacial score (nSPS) is 27.6. The van der Waals surface area contributed by atoms with Crippen LogP contribution in [-0.2, 0) is 11.3 Å². The Kier molecular flexibility index (Phi) is 3.47. The van der Waals surface area contributed by atoms with E-state index in [0.717, 1.165) is 12.8 Å². The second-order valence-electron chi connectivity index (χ2n) is 6.49. The maximum Gasteiger partial charge on any atom is 0.308 e. The first-order valence-electron chi connectivity index (χ1n) is 7.55. The SMILES string of the molecule is CC(C)Cn1ccnc(N2C3CCC2C(C(=O)O)C3)c1=O. The lowest BCUT2D eigenvalue weighted by Gasteiger charge is -2.24. The van der Waals surface area contributed by atoms with Crippen LogP contribution in [0.3, 0.4) is 0 Å². The number of aliphatic carboxylic acids is 1. The van der Waals surface area contributed by atoms with Crippen LogP contribution in [0, 0.1) is 11.8 Å². The summed E-state index contributed by atoms with van der Waals surface area (Å²) < 4.78 is 1.68. The number of carboxylic acid groups (broad SMARTS) is 1. The van der Waals surface area contributed by atoms with Crippen LogP contribution in [0.1, 0.15) is 33.1 Å². The van der Waals surface area contributed by atoms with Gasteiger partial charge in [0.25, 0.3) is 5.56 Å². The summed E-state index contributed by atoms with van der Waals surface area (Å²) in [6.07, 6.45) is 5.77. The molecule has 1 aromatic rings. The van der Waals surface area contributed by atoms with Crippen molar-refractivity contribution in [2.24, 2.45) is 11.8 Å². The summed E-state index contributed by atoms with van der Waals surface area (Å²) in [7, 11) is 0. The van der Waals surface area contributed by atoms with Crippen LogP contribution in [0.4, 0.5) is 5.82 Å². The molecule has 2 bridgehead atoms. The molecule has 114 valence electrons. The molecule has 3 atom stereocenters. The minimum absolute atomic E-state index is 0.0809. The highest BCUT2D eigenvalue weighted by atomic mass is 16.4. The molecule has 2 saturated heterocycles. The maximum absolute atomic E-state index is 12.6. The lowest BCUT2D eigenvalue weighted by molar-refractivity contribution is -0.142. The number of hydrogen-bond donors (Lipinski definition) is 1. The largest absolute Gasteiger partial charge is 0.481 e. The van der Waals surface area contributed by atoms with Crippen molar-refractivity contribution < 1.29 is 9.90 Å². The predicted molar refractivity (Wildman–Crippen MR) is 78.4 cm³/mol. The Bertz CT molecular complexity index is 610. The van der Waals surface area contributed by atoms with Crippen LogP contribution in [-0.4, -0.2) is 32.7 Å². The third kappa shape index (κ3) is 2.32. The summed E-state index contributed by atoms with van der Waals surface area (Å²) in [6, 6.07) is 0.0637. The monoisotopic (exact) mass is 291 g/mol. The first-order chi connectivity index (χ1) is 9.99. The Balaban J connectivity index is 1.95. The zero-order chi connectivity index (χ0) is 15.1. The fourth-order valence-corrected chi connectivity index (χ4v) is 3.73. The quantitative estimate of drug-likeness (QED) is 0.906. The molecule has 0 saturated carbocycles. The molecule has 3 rings (SSSR count). The van der Waals surface area contributed by atoms with E-state index >= 15 is 0 Å². The first-order valence-corrected chi connectivity index (χ1v) is 7.55. The summed E-state index contributed by atoms with van der Waals surface area (Å²) in [6.45, 7) is 4.78. The van der Waals surface area contributed by atoms with Gasteiger partial charge in [-0.25, -0.2) is 4.98 Å². The van der Waals surface area contributed by atoms with E-state index in [0.29, 0.717) is 24.7 Å². The standard InChI is InChI=1S/C15H21N3O3/c1-9(2)8-17-6-5-16-13(14(17)19)18-10-3-4-12(18)11(7-10)15(20)21/h5-6,9-12H,3-4,7-8H2,1-2H3,(H,20,21). The molecule has 6 heteroatoms. The average Bonchev–Trinajstić information content (AvgIpc) is 2.98. The van der Waals surface area contributed by atoms with Gasteiger partial charge in [0.05, 0.1) is 5.92 Å². The minimum Gasteiger partial charge on any atom is -0.481 e. The molecule has 0 radical (unpaired) electrons. The van der Waals surface area contributed by atoms with Gasteiger partial charge in [-0.15, -0.1) is 0 Å². The molecule has 3 unspecified atom stereocenters. The molecule has 2 fully saturated rings. The Morgan fingerprint density at radius 3 is 2.86 bits per heavy atom. The molecule has 0 aliphatic carbocycles. The smallest absolute Gasteiger partial charge is 0.308 e. The Hall–Kier alpha value is -1.85. The highest BCUT2D eigenvalue weighted by molar-refractivity contribution is 5.73. The van der Waals surface area contributed by atoms with Crippen molar-refractivity contribution in [1.82, 2.24) is 9.55 Å². The van der Waals surface area contributed by atoms with Crippen LogP contribution >= 0.6 is 0 Å². The van der Waals surface area contributed by atoms with Gasteiger partial charge in [0.15, 0.2) is 5.82 Å². The van der Waals surface area contributed by atoms with Crippen molar-refractivity contribution in [2.45, 2.75) is 51.7 Å². The molecule has 2 aliphatic rings. The summed E-state index contributed by atoms with van der Waals surface area (Å²) in [5, 5.41) is 9.31. The predicted octanol–water partition coefficient (Wildman–Crippen LogP) is 1.34.